The van der Waals surface area contributed by atoms with Crippen LogP contribution >= 0.6 is 0 Å². The Kier molecular flexibility index (Phi) is 7.99. The molecule has 2 aliphatic heterocycles. The van der Waals surface area contributed by atoms with Crippen molar-refractivity contribution in [1.82, 2.24) is 20.2 Å². The van der Waals surface area contributed by atoms with Gasteiger partial charge < -0.3 is 15.4 Å². The summed E-state index contributed by atoms with van der Waals surface area (Å²) in [6.07, 6.45) is 5.25. The van der Waals surface area contributed by atoms with Crippen LogP contribution in [-0.2, 0) is 16.1 Å². The second-order valence-corrected chi connectivity index (χ2v) is 8.30. The Morgan fingerprint density at radius 1 is 1.15 bits per heavy atom. The van der Waals surface area contributed by atoms with E-state index in [0.29, 0.717) is 0 Å². The lowest BCUT2D eigenvalue weighted by atomic mass is 10.0. The Bertz CT molecular complexity index is 956. The molecule has 1 saturated heterocycles. The highest BCUT2D eigenvalue weighted by molar-refractivity contribution is 6.01. The maximum atomic E-state index is 10.8. The molecule has 1 aromatic carbocycles. The van der Waals surface area contributed by atoms with E-state index in [9.17, 15) is 4.79 Å². The van der Waals surface area contributed by atoms with E-state index in [0.717, 1.165) is 74.6 Å². The fourth-order valence-electron chi connectivity index (χ4n) is 3.98. The number of carbonyl (C=O) groups is 1. The summed E-state index contributed by atoms with van der Waals surface area (Å²) in [5.41, 5.74) is 7.13. The number of hydrazone groups is 1. The largest absolute Gasteiger partial charge is 0.480 e. The molecule has 0 saturated carbocycles. The van der Waals surface area contributed by atoms with Crippen LogP contribution in [0.4, 0.5) is 0 Å². The van der Waals surface area contributed by atoms with Gasteiger partial charge in [0.05, 0.1) is 18.5 Å². The number of piperazine rings is 1. The molecule has 1 aromatic heterocycles. The van der Waals surface area contributed by atoms with Crippen LogP contribution in [0.25, 0.3) is 0 Å². The van der Waals surface area contributed by atoms with Crippen LogP contribution in [0.2, 0.25) is 0 Å². The van der Waals surface area contributed by atoms with Crippen molar-refractivity contribution >= 4 is 17.9 Å². The molecule has 0 radical (unpaired) electrons. The molecule has 1 unspecified atom stereocenters. The Hall–Kier alpha value is -3.30. The van der Waals surface area contributed by atoms with E-state index in [1.807, 2.05) is 53.6 Å². The van der Waals surface area contributed by atoms with Gasteiger partial charge in [0.25, 0.3) is 0 Å². The van der Waals surface area contributed by atoms with Crippen LogP contribution in [0.15, 0.2) is 58.9 Å². The minimum atomic E-state index is -0.769. The number of hydrogen-bond donors (Lipinski definition) is 2. The lowest BCUT2D eigenvalue weighted by Crippen LogP contribution is -2.49. The van der Waals surface area contributed by atoms with Gasteiger partial charge in [0, 0.05) is 64.0 Å². The number of hydrogen-bond acceptors (Lipinski definition) is 8. The van der Waals surface area contributed by atoms with Crippen LogP contribution in [0.3, 0.4) is 0 Å². The molecular formula is C24H30N6O3. The first-order valence-corrected chi connectivity index (χ1v) is 11.3. The lowest BCUT2D eigenvalue weighted by Gasteiger charge is -2.34. The number of carboxylic acid groups (broad SMARTS) is 1. The monoisotopic (exact) mass is 450 g/mol. The van der Waals surface area contributed by atoms with E-state index in [-0.39, 0.29) is 12.6 Å². The normalized spacial score (nSPS) is 19.4. The van der Waals surface area contributed by atoms with Crippen molar-refractivity contribution in [2.45, 2.75) is 18.9 Å². The average Bonchev–Trinajstić information content (AvgIpc) is 3.29. The summed E-state index contributed by atoms with van der Waals surface area (Å²) >= 11 is 0. The third kappa shape index (κ3) is 7.10. The van der Waals surface area contributed by atoms with Gasteiger partial charge in [-0.25, -0.2) is 0 Å². The van der Waals surface area contributed by atoms with Crippen LogP contribution in [0, 0.1) is 0 Å². The smallest absolute Gasteiger partial charge is 0.317 e. The molecule has 2 aliphatic rings. The van der Waals surface area contributed by atoms with Crippen molar-refractivity contribution in [1.29, 1.82) is 0 Å². The van der Waals surface area contributed by atoms with E-state index in [1.54, 1.807) is 6.20 Å². The number of aliphatic carboxylic acids is 1. The molecular weight excluding hydrogens is 420 g/mol. The second-order valence-electron chi connectivity index (χ2n) is 8.30. The fraction of sp³-hybridized carbons (Fsp3) is 0.417. The summed E-state index contributed by atoms with van der Waals surface area (Å²) in [5, 5.41) is 17.5. The third-order valence-corrected chi connectivity index (χ3v) is 5.79. The summed E-state index contributed by atoms with van der Waals surface area (Å²) in [4.78, 5) is 25.1. The van der Waals surface area contributed by atoms with E-state index < -0.39 is 5.97 Å². The summed E-state index contributed by atoms with van der Waals surface area (Å²) in [6, 6.07) is 14.0. The number of rotatable bonds is 10. The standard InChI is InChI=1S/C24H30N6O3/c31-24(32)18-30-13-11-29(12-14-30)17-22-15-23(28-33-22)20-6-4-19(5-7-20)16-27-26-10-8-21-3-1-2-9-25-21/h1-7,9,16,22,26H,8,10-15,17-18H2,(H,31,32). The zero-order valence-electron chi connectivity index (χ0n) is 18.6. The Labute approximate surface area is 193 Å². The van der Waals surface area contributed by atoms with Crippen LogP contribution in [0.1, 0.15) is 23.2 Å². The van der Waals surface area contributed by atoms with Crippen molar-refractivity contribution in [3.8, 4) is 0 Å². The molecule has 0 bridgehead atoms. The maximum Gasteiger partial charge on any atom is 0.317 e. The Morgan fingerprint density at radius 3 is 2.67 bits per heavy atom. The van der Waals surface area contributed by atoms with Crippen molar-refractivity contribution in [3.63, 3.8) is 0 Å². The summed E-state index contributed by atoms with van der Waals surface area (Å²) < 4.78 is 0. The second kappa shape index (κ2) is 11.5. The van der Waals surface area contributed by atoms with Gasteiger partial charge in [-0.3, -0.25) is 19.6 Å². The number of pyridine rings is 1. The van der Waals surface area contributed by atoms with Gasteiger partial charge in [-0.2, -0.15) is 5.10 Å². The number of benzene rings is 1. The molecule has 9 heteroatoms. The predicted molar refractivity (Wildman–Crippen MR) is 127 cm³/mol. The van der Waals surface area contributed by atoms with Gasteiger partial charge in [0.1, 0.15) is 6.10 Å². The highest BCUT2D eigenvalue weighted by Gasteiger charge is 2.26. The van der Waals surface area contributed by atoms with Gasteiger partial charge >= 0.3 is 5.97 Å². The van der Waals surface area contributed by atoms with Crippen molar-refractivity contribution in [3.05, 3.63) is 65.5 Å². The zero-order chi connectivity index (χ0) is 22.9. The molecule has 0 spiro atoms. The predicted octanol–water partition coefficient (Wildman–Crippen LogP) is 1.44. The summed E-state index contributed by atoms with van der Waals surface area (Å²) in [6.45, 7) is 4.90. The van der Waals surface area contributed by atoms with E-state index >= 15 is 0 Å². The highest BCUT2D eigenvalue weighted by atomic mass is 16.6. The minimum Gasteiger partial charge on any atom is -0.480 e. The summed E-state index contributed by atoms with van der Waals surface area (Å²) in [7, 11) is 0. The zero-order valence-corrected chi connectivity index (χ0v) is 18.6. The first-order valence-electron chi connectivity index (χ1n) is 11.3. The molecule has 2 aromatic rings. The average molecular weight is 451 g/mol. The minimum absolute atomic E-state index is 0.0376. The number of nitrogens with one attached hydrogen (secondary N) is 1. The third-order valence-electron chi connectivity index (χ3n) is 5.79. The van der Waals surface area contributed by atoms with Crippen LogP contribution < -0.4 is 5.43 Å². The lowest BCUT2D eigenvalue weighted by molar-refractivity contribution is -0.138. The van der Waals surface area contributed by atoms with Gasteiger partial charge in [-0.05, 0) is 23.3 Å². The fourth-order valence-corrected chi connectivity index (χ4v) is 3.98. The SMILES string of the molecule is O=C(O)CN1CCN(CC2CC(c3ccc(C=NNCCc4ccccn4)cc3)=NO2)CC1. The molecule has 4 rings (SSSR count). The topological polar surface area (TPSA) is 103 Å². The first-order chi connectivity index (χ1) is 16.2. The van der Waals surface area contributed by atoms with Gasteiger partial charge in [0.15, 0.2) is 0 Å². The molecule has 9 nitrogen and oxygen atoms in total. The molecule has 0 aliphatic carbocycles. The van der Waals surface area contributed by atoms with Gasteiger partial charge in [0.2, 0.25) is 0 Å². The first kappa shape index (κ1) is 22.9. The summed E-state index contributed by atoms with van der Waals surface area (Å²) in [5.74, 6) is -0.769. The number of nitrogens with zero attached hydrogens (tertiary/aromatic N) is 5. The Balaban J connectivity index is 1.17. The molecule has 0 amide bonds. The number of aromatic nitrogens is 1. The van der Waals surface area contributed by atoms with Crippen LogP contribution in [0.5, 0.6) is 0 Å². The quantitative estimate of drug-likeness (QED) is 0.321. The van der Waals surface area contributed by atoms with Crippen LogP contribution in [-0.4, -0.2) is 89.7 Å². The van der Waals surface area contributed by atoms with Gasteiger partial charge in [-0.15, -0.1) is 0 Å². The van der Waals surface area contributed by atoms with Crippen molar-refractivity contribution < 1.29 is 14.7 Å². The van der Waals surface area contributed by atoms with E-state index in [2.05, 4.69) is 25.6 Å². The van der Waals surface area contributed by atoms with Crippen molar-refractivity contribution in [2.24, 2.45) is 10.3 Å². The Morgan fingerprint density at radius 2 is 1.94 bits per heavy atom. The number of oxime groups is 1. The van der Waals surface area contributed by atoms with Gasteiger partial charge in [-0.1, -0.05) is 35.5 Å². The molecule has 1 atom stereocenters. The van der Waals surface area contributed by atoms with E-state index in [1.165, 1.54) is 0 Å². The number of carboxylic acids is 1. The molecule has 3 heterocycles. The highest BCUT2D eigenvalue weighted by Crippen LogP contribution is 2.18. The maximum absolute atomic E-state index is 10.8. The molecule has 2 N–H and O–H groups in total. The van der Waals surface area contributed by atoms with Crippen molar-refractivity contribution in [2.75, 3.05) is 45.8 Å². The van der Waals surface area contributed by atoms with E-state index in [4.69, 9.17) is 9.94 Å². The molecule has 33 heavy (non-hydrogen) atoms. The molecule has 1 fully saturated rings. The molecule has 174 valence electrons.